The second kappa shape index (κ2) is 11.5. The summed E-state index contributed by atoms with van der Waals surface area (Å²) in [7, 11) is 1.97. The van der Waals surface area contributed by atoms with Gasteiger partial charge in [-0.25, -0.2) is 0 Å². The number of likely N-dealkylation sites (tertiary alicyclic amines) is 1. The third-order valence-electron chi connectivity index (χ3n) is 8.95. The smallest absolute Gasteiger partial charge is 0.226 e. The largest absolute Gasteiger partial charge is 0.375 e. The number of carbonyl (C=O) groups is 2. The van der Waals surface area contributed by atoms with E-state index in [2.05, 4.69) is 66.0 Å². The fraction of sp³-hybridized carbons (Fsp3) is 0.933. The fourth-order valence-electron chi connectivity index (χ4n) is 6.07. The quantitative estimate of drug-likeness (QED) is 0.288. The molecule has 0 aliphatic carbocycles. The van der Waals surface area contributed by atoms with Crippen molar-refractivity contribution >= 4 is 11.8 Å². The monoisotopic (exact) mass is 525 g/mol. The minimum Gasteiger partial charge on any atom is -0.375 e. The standard InChI is InChI=1S/C30H59N3O4/c1-15-30(13,37-17-16-27(7,8)31-14)26(5,6)20-28(9,10)32-24(36)25(3,4)19-29(11,12)33-22(34)18-21(2)23(33)35/h21,23,31,35H,15-20H2,1-14H3,(H,32,36). The number of ether oxygens (including phenoxy) is 1. The molecule has 0 aromatic carbocycles. The van der Waals surface area contributed by atoms with Gasteiger partial charge in [0.2, 0.25) is 11.8 Å². The Morgan fingerprint density at radius 2 is 1.54 bits per heavy atom. The summed E-state index contributed by atoms with van der Waals surface area (Å²) in [4.78, 5) is 27.8. The Labute approximate surface area is 227 Å². The van der Waals surface area contributed by atoms with E-state index in [9.17, 15) is 14.7 Å². The van der Waals surface area contributed by atoms with Gasteiger partial charge in [-0.15, -0.1) is 0 Å². The zero-order valence-corrected chi connectivity index (χ0v) is 26.5. The van der Waals surface area contributed by atoms with Crippen molar-refractivity contribution in [3.05, 3.63) is 0 Å². The highest BCUT2D eigenvalue weighted by atomic mass is 16.5. The van der Waals surface area contributed by atoms with Crippen LogP contribution in [0.5, 0.6) is 0 Å². The van der Waals surface area contributed by atoms with Crippen molar-refractivity contribution in [2.45, 2.75) is 151 Å². The van der Waals surface area contributed by atoms with E-state index in [0.29, 0.717) is 19.4 Å². The minimum absolute atomic E-state index is 0.0131. The second-order valence-electron chi connectivity index (χ2n) is 14.9. The van der Waals surface area contributed by atoms with Gasteiger partial charge in [-0.2, -0.15) is 0 Å². The first kappa shape index (κ1) is 33.8. The van der Waals surface area contributed by atoms with E-state index in [0.717, 1.165) is 19.3 Å². The topological polar surface area (TPSA) is 90.9 Å². The first-order valence-electron chi connectivity index (χ1n) is 14.1. The van der Waals surface area contributed by atoms with Crippen LogP contribution in [0.25, 0.3) is 0 Å². The van der Waals surface area contributed by atoms with Crippen LogP contribution in [0.1, 0.15) is 122 Å². The zero-order valence-electron chi connectivity index (χ0n) is 26.5. The van der Waals surface area contributed by atoms with Gasteiger partial charge >= 0.3 is 0 Å². The molecule has 7 heteroatoms. The number of nitrogens with one attached hydrogen (secondary N) is 2. The molecule has 2 amide bonds. The Kier molecular flexibility index (Phi) is 10.5. The first-order chi connectivity index (χ1) is 16.5. The van der Waals surface area contributed by atoms with Gasteiger partial charge in [-0.05, 0) is 86.6 Å². The molecule has 3 atom stereocenters. The van der Waals surface area contributed by atoms with Gasteiger partial charge in [0.25, 0.3) is 0 Å². The molecular formula is C30H59N3O4. The van der Waals surface area contributed by atoms with Crippen molar-refractivity contribution in [1.29, 1.82) is 0 Å². The van der Waals surface area contributed by atoms with Crippen molar-refractivity contribution in [3.8, 4) is 0 Å². The summed E-state index contributed by atoms with van der Waals surface area (Å²) < 4.78 is 6.54. The molecule has 1 fully saturated rings. The molecule has 0 aromatic heterocycles. The van der Waals surface area contributed by atoms with Crippen LogP contribution in [0.2, 0.25) is 0 Å². The Bertz CT molecular complexity index is 803. The van der Waals surface area contributed by atoms with Crippen molar-refractivity contribution < 1.29 is 19.4 Å². The number of rotatable bonds is 14. The third-order valence-corrected chi connectivity index (χ3v) is 8.95. The molecular weight excluding hydrogens is 466 g/mol. The summed E-state index contributed by atoms with van der Waals surface area (Å²) in [6, 6.07) is 0. The highest BCUT2D eigenvalue weighted by Crippen LogP contribution is 2.44. The van der Waals surface area contributed by atoms with Gasteiger partial charge in [0.15, 0.2) is 0 Å². The van der Waals surface area contributed by atoms with Gasteiger partial charge in [0.05, 0.1) is 5.60 Å². The molecule has 218 valence electrons. The molecule has 1 rings (SSSR count). The van der Waals surface area contributed by atoms with E-state index >= 15 is 0 Å². The van der Waals surface area contributed by atoms with E-state index in [1.54, 1.807) is 4.90 Å². The molecule has 0 saturated carbocycles. The van der Waals surface area contributed by atoms with Crippen LogP contribution in [0, 0.1) is 16.7 Å². The van der Waals surface area contributed by atoms with Gasteiger partial charge in [-0.1, -0.05) is 41.5 Å². The molecule has 0 radical (unpaired) electrons. The van der Waals surface area contributed by atoms with Crippen molar-refractivity contribution in [3.63, 3.8) is 0 Å². The summed E-state index contributed by atoms with van der Waals surface area (Å²) >= 11 is 0. The Hall–Kier alpha value is -1.18. The first-order valence-corrected chi connectivity index (χ1v) is 14.1. The lowest BCUT2D eigenvalue weighted by atomic mass is 9.67. The summed E-state index contributed by atoms with van der Waals surface area (Å²) in [5.41, 5.74) is -2.39. The number of aliphatic hydroxyl groups excluding tert-OH is 1. The highest BCUT2D eigenvalue weighted by molar-refractivity contribution is 5.83. The maximum absolute atomic E-state index is 13.6. The van der Waals surface area contributed by atoms with Crippen LogP contribution >= 0.6 is 0 Å². The summed E-state index contributed by atoms with van der Waals surface area (Å²) in [5, 5.41) is 17.3. The number of amides is 2. The molecule has 3 N–H and O–H groups in total. The van der Waals surface area contributed by atoms with Crippen LogP contribution < -0.4 is 10.6 Å². The normalized spacial score (nSPS) is 21.8. The Balaban J connectivity index is 2.95. The Morgan fingerprint density at radius 3 is 1.97 bits per heavy atom. The molecule has 1 aliphatic heterocycles. The van der Waals surface area contributed by atoms with E-state index in [1.807, 2.05) is 41.7 Å². The van der Waals surface area contributed by atoms with E-state index in [-0.39, 0.29) is 34.3 Å². The van der Waals surface area contributed by atoms with Crippen LogP contribution in [0.3, 0.4) is 0 Å². The lowest BCUT2D eigenvalue weighted by molar-refractivity contribution is -0.148. The average Bonchev–Trinajstić information content (AvgIpc) is 2.97. The molecule has 3 unspecified atom stereocenters. The van der Waals surface area contributed by atoms with E-state index in [1.165, 1.54) is 0 Å². The summed E-state index contributed by atoms with van der Waals surface area (Å²) in [6.45, 7) is 27.6. The van der Waals surface area contributed by atoms with Crippen molar-refractivity contribution in [2.24, 2.45) is 16.7 Å². The molecule has 7 nitrogen and oxygen atoms in total. The summed E-state index contributed by atoms with van der Waals surface area (Å²) in [5.74, 6) is -0.213. The predicted molar refractivity (Wildman–Crippen MR) is 152 cm³/mol. The lowest BCUT2D eigenvalue weighted by Gasteiger charge is -2.48. The lowest BCUT2D eigenvalue weighted by Crippen LogP contribution is -2.57. The number of nitrogens with zero attached hydrogens (tertiary/aromatic N) is 1. The second-order valence-corrected chi connectivity index (χ2v) is 14.9. The molecule has 1 aliphatic rings. The Morgan fingerprint density at radius 1 is 1.00 bits per heavy atom. The van der Waals surface area contributed by atoms with Gasteiger partial charge in [-0.3, -0.25) is 9.59 Å². The third kappa shape index (κ3) is 8.40. The molecule has 0 spiro atoms. The maximum atomic E-state index is 13.6. The predicted octanol–water partition coefficient (Wildman–Crippen LogP) is 5.25. The average molecular weight is 526 g/mol. The van der Waals surface area contributed by atoms with Crippen molar-refractivity contribution in [2.75, 3.05) is 13.7 Å². The van der Waals surface area contributed by atoms with Crippen molar-refractivity contribution in [1.82, 2.24) is 15.5 Å². The minimum atomic E-state index is -0.816. The van der Waals surface area contributed by atoms with Crippen LogP contribution in [0.15, 0.2) is 0 Å². The van der Waals surface area contributed by atoms with Crippen LogP contribution in [-0.2, 0) is 14.3 Å². The number of hydrogen-bond donors (Lipinski definition) is 3. The summed E-state index contributed by atoms with van der Waals surface area (Å²) in [6.07, 6.45) is 2.48. The molecule has 0 bridgehead atoms. The maximum Gasteiger partial charge on any atom is 0.226 e. The van der Waals surface area contributed by atoms with Gasteiger partial charge in [0, 0.05) is 41.0 Å². The molecule has 37 heavy (non-hydrogen) atoms. The zero-order chi connectivity index (χ0) is 29.3. The van der Waals surface area contributed by atoms with Crippen LogP contribution in [0.4, 0.5) is 0 Å². The van der Waals surface area contributed by atoms with Gasteiger partial charge in [0.1, 0.15) is 6.23 Å². The van der Waals surface area contributed by atoms with Gasteiger partial charge < -0.3 is 25.4 Å². The van der Waals surface area contributed by atoms with E-state index < -0.39 is 22.7 Å². The highest BCUT2D eigenvalue weighted by Gasteiger charge is 2.49. The fourth-order valence-corrected chi connectivity index (χ4v) is 6.07. The number of carbonyl (C=O) groups excluding carboxylic acids is 2. The number of hydrogen-bond acceptors (Lipinski definition) is 5. The molecule has 0 aromatic rings. The number of aliphatic hydroxyl groups is 1. The van der Waals surface area contributed by atoms with E-state index in [4.69, 9.17) is 4.74 Å². The van der Waals surface area contributed by atoms with Crippen LogP contribution in [-0.4, -0.2) is 63.9 Å². The molecule has 1 heterocycles. The SMILES string of the molecule is CCC(C)(OCCC(C)(C)NC)C(C)(C)CC(C)(C)NC(=O)C(C)(C)CC(C)(C)N1C(=O)CC(C)C1O. The molecule has 1 saturated heterocycles.